The van der Waals surface area contributed by atoms with Gasteiger partial charge in [0.1, 0.15) is 5.82 Å². The molecule has 0 saturated heterocycles. The van der Waals surface area contributed by atoms with Crippen molar-refractivity contribution in [2.45, 2.75) is 37.4 Å². The quantitative estimate of drug-likeness (QED) is 0.741. The predicted octanol–water partition coefficient (Wildman–Crippen LogP) is 0.472. The van der Waals surface area contributed by atoms with Gasteiger partial charge in [0.2, 0.25) is 11.8 Å². The van der Waals surface area contributed by atoms with E-state index < -0.39 is 0 Å². The van der Waals surface area contributed by atoms with E-state index in [4.69, 9.17) is 0 Å². The Morgan fingerprint density at radius 3 is 2.67 bits per heavy atom. The summed E-state index contributed by atoms with van der Waals surface area (Å²) in [4.78, 5) is 24.6. The first-order chi connectivity index (χ1) is 10.0. The van der Waals surface area contributed by atoms with E-state index in [1.165, 1.54) is 29.5 Å². The zero-order valence-corrected chi connectivity index (χ0v) is 13.4. The number of amides is 2. The highest BCUT2D eigenvalue weighted by atomic mass is 32.2. The average Bonchev–Trinajstić information content (AvgIpc) is 3.22. The lowest BCUT2D eigenvalue weighted by Gasteiger charge is -2.11. The summed E-state index contributed by atoms with van der Waals surface area (Å²) in [6.45, 7) is 2.89. The lowest BCUT2D eigenvalue weighted by Crippen LogP contribution is -2.37. The van der Waals surface area contributed by atoms with E-state index in [0.29, 0.717) is 5.92 Å². The number of likely N-dealkylation sites (N-methyl/N-ethyl adjacent to an activating group) is 1. The van der Waals surface area contributed by atoms with E-state index in [1.807, 2.05) is 0 Å². The van der Waals surface area contributed by atoms with Crippen LogP contribution in [0.1, 0.15) is 31.5 Å². The van der Waals surface area contributed by atoms with Crippen LogP contribution in [0.25, 0.3) is 0 Å². The largest absolute Gasteiger partial charge is 0.347 e. The summed E-state index contributed by atoms with van der Waals surface area (Å²) in [5.41, 5.74) is 0. The Morgan fingerprint density at radius 2 is 2.10 bits per heavy atom. The fraction of sp³-hybridized carbons (Fsp3) is 0.692. The van der Waals surface area contributed by atoms with Gasteiger partial charge in [0.15, 0.2) is 5.16 Å². The molecule has 1 aromatic rings. The molecular formula is C13H21N5O2S. The van der Waals surface area contributed by atoms with Crippen LogP contribution < -0.4 is 5.32 Å². The first-order valence-corrected chi connectivity index (χ1v) is 8.04. The number of rotatable bonds is 7. The lowest BCUT2D eigenvalue weighted by atomic mass is 10.4. The Kier molecular flexibility index (Phi) is 5.22. The maximum absolute atomic E-state index is 11.7. The second-order valence-electron chi connectivity index (χ2n) is 5.21. The molecule has 1 heterocycles. The van der Waals surface area contributed by atoms with Gasteiger partial charge in [-0.15, -0.1) is 10.2 Å². The van der Waals surface area contributed by atoms with Gasteiger partial charge in [-0.2, -0.15) is 0 Å². The van der Waals surface area contributed by atoms with E-state index in [2.05, 4.69) is 27.0 Å². The highest BCUT2D eigenvalue weighted by Crippen LogP contribution is 2.39. The Labute approximate surface area is 128 Å². The third kappa shape index (κ3) is 4.20. The Hall–Kier alpha value is -1.57. The molecular weight excluding hydrogens is 290 g/mol. The van der Waals surface area contributed by atoms with E-state index in [-0.39, 0.29) is 24.1 Å². The summed E-state index contributed by atoms with van der Waals surface area (Å²) in [7, 11) is 3.32. The molecule has 21 heavy (non-hydrogen) atoms. The van der Waals surface area contributed by atoms with Gasteiger partial charge in [-0.1, -0.05) is 11.8 Å². The normalized spacial score (nSPS) is 14.0. The van der Waals surface area contributed by atoms with Crippen LogP contribution in [-0.4, -0.2) is 57.9 Å². The highest BCUT2D eigenvalue weighted by Gasteiger charge is 2.30. The molecule has 0 aliphatic heterocycles. The molecule has 1 saturated carbocycles. The van der Waals surface area contributed by atoms with E-state index in [0.717, 1.165) is 17.5 Å². The molecule has 2 amide bonds. The summed E-state index contributed by atoms with van der Waals surface area (Å²) >= 11 is 1.36. The monoisotopic (exact) mass is 311 g/mol. The molecule has 7 nitrogen and oxygen atoms in total. The molecule has 2 rings (SSSR count). The van der Waals surface area contributed by atoms with Crippen LogP contribution in [0.5, 0.6) is 0 Å². The number of hydrogen-bond donors (Lipinski definition) is 1. The summed E-state index contributed by atoms with van der Waals surface area (Å²) in [5, 5.41) is 11.8. The standard InChI is InChI=1S/C13H21N5O2S/c1-4-18-12(9-5-6-9)15-16-13(18)21-8-10(19)14-7-11(20)17(2)3/h9H,4-8H2,1-3H3,(H,14,19). The van der Waals surface area contributed by atoms with Crippen molar-refractivity contribution in [3.63, 3.8) is 0 Å². The number of nitrogens with one attached hydrogen (secondary N) is 1. The molecule has 0 aromatic carbocycles. The Bertz CT molecular complexity index is 525. The van der Waals surface area contributed by atoms with Crippen molar-refractivity contribution in [3.05, 3.63) is 5.82 Å². The highest BCUT2D eigenvalue weighted by molar-refractivity contribution is 7.99. The Balaban J connectivity index is 1.82. The summed E-state index contributed by atoms with van der Waals surface area (Å²) in [5.74, 6) is 1.51. The molecule has 0 unspecified atom stereocenters. The number of carbonyl (C=O) groups excluding carboxylic acids is 2. The zero-order chi connectivity index (χ0) is 15.4. The SMILES string of the molecule is CCn1c(SCC(=O)NCC(=O)N(C)C)nnc1C1CC1. The van der Waals surface area contributed by atoms with Gasteiger partial charge in [-0.25, -0.2) is 0 Å². The van der Waals surface area contributed by atoms with Crippen LogP contribution in [0.15, 0.2) is 5.16 Å². The minimum Gasteiger partial charge on any atom is -0.347 e. The minimum absolute atomic E-state index is 0.0280. The van der Waals surface area contributed by atoms with Crippen molar-refractivity contribution in [2.75, 3.05) is 26.4 Å². The van der Waals surface area contributed by atoms with Crippen molar-refractivity contribution in [1.29, 1.82) is 0 Å². The van der Waals surface area contributed by atoms with Gasteiger partial charge in [0.05, 0.1) is 12.3 Å². The second kappa shape index (κ2) is 6.93. The molecule has 0 spiro atoms. The third-order valence-corrected chi connectivity index (χ3v) is 4.24. The number of carbonyl (C=O) groups is 2. The topological polar surface area (TPSA) is 80.1 Å². The molecule has 116 valence electrons. The van der Waals surface area contributed by atoms with Crippen LogP contribution in [0.3, 0.4) is 0 Å². The maximum Gasteiger partial charge on any atom is 0.241 e. The predicted molar refractivity (Wildman–Crippen MR) is 80.1 cm³/mol. The van der Waals surface area contributed by atoms with Crippen molar-refractivity contribution < 1.29 is 9.59 Å². The molecule has 1 aromatic heterocycles. The zero-order valence-electron chi connectivity index (χ0n) is 12.6. The lowest BCUT2D eigenvalue weighted by molar-refractivity contribution is -0.130. The molecule has 1 aliphatic rings. The van der Waals surface area contributed by atoms with Gasteiger partial charge in [0, 0.05) is 26.6 Å². The van der Waals surface area contributed by atoms with Gasteiger partial charge in [0.25, 0.3) is 0 Å². The van der Waals surface area contributed by atoms with Gasteiger partial charge in [-0.3, -0.25) is 9.59 Å². The number of nitrogens with zero attached hydrogens (tertiary/aromatic N) is 4. The molecule has 0 radical (unpaired) electrons. The summed E-state index contributed by atoms with van der Waals surface area (Å²) < 4.78 is 2.07. The Morgan fingerprint density at radius 1 is 1.38 bits per heavy atom. The summed E-state index contributed by atoms with van der Waals surface area (Å²) in [6.07, 6.45) is 2.35. The molecule has 1 N–H and O–H groups in total. The first-order valence-electron chi connectivity index (χ1n) is 7.05. The third-order valence-electron chi connectivity index (χ3n) is 3.27. The maximum atomic E-state index is 11.7. The molecule has 8 heteroatoms. The van der Waals surface area contributed by atoms with Gasteiger partial charge >= 0.3 is 0 Å². The van der Waals surface area contributed by atoms with Gasteiger partial charge in [-0.05, 0) is 19.8 Å². The van der Waals surface area contributed by atoms with Crippen molar-refractivity contribution in [3.8, 4) is 0 Å². The van der Waals surface area contributed by atoms with E-state index in [9.17, 15) is 9.59 Å². The minimum atomic E-state index is -0.172. The molecule has 0 bridgehead atoms. The van der Waals surface area contributed by atoms with E-state index >= 15 is 0 Å². The number of hydrogen-bond acceptors (Lipinski definition) is 5. The van der Waals surface area contributed by atoms with Crippen LogP contribution in [0, 0.1) is 0 Å². The van der Waals surface area contributed by atoms with Crippen LogP contribution >= 0.6 is 11.8 Å². The smallest absolute Gasteiger partial charge is 0.241 e. The van der Waals surface area contributed by atoms with Crippen LogP contribution in [0.4, 0.5) is 0 Å². The van der Waals surface area contributed by atoms with Crippen molar-refractivity contribution in [1.82, 2.24) is 25.0 Å². The average molecular weight is 311 g/mol. The van der Waals surface area contributed by atoms with E-state index in [1.54, 1.807) is 14.1 Å². The number of thioether (sulfide) groups is 1. The number of aromatic nitrogens is 3. The molecule has 0 atom stereocenters. The second-order valence-corrected chi connectivity index (χ2v) is 6.16. The first kappa shape index (κ1) is 15.8. The van der Waals surface area contributed by atoms with Crippen LogP contribution in [0.2, 0.25) is 0 Å². The van der Waals surface area contributed by atoms with Crippen molar-refractivity contribution >= 4 is 23.6 Å². The summed E-state index contributed by atoms with van der Waals surface area (Å²) in [6, 6.07) is 0. The van der Waals surface area contributed by atoms with Gasteiger partial charge < -0.3 is 14.8 Å². The van der Waals surface area contributed by atoms with Crippen LogP contribution in [-0.2, 0) is 16.1 Å². The fourth-order valence-electron chi connectivity index (χ4n) is 1.86. The van der Waals surface area contributed by atoms with Crippen molar-refractivity contribution in [2.24, 2.45) is 0 Å². The fourth-order valence-corrected chi connectivity index (χ4v) is 2.70. The molecule has 1 fully saturated rings. The molecule has 1 aliphatic carbocycles.